The Morgan fingerprint density at radius 1 is 1.05 bits per heavy atom. The minimum absolute atomic E-state index is 0.0387. The molecule has 1 aliphatic heterocycles. The summed E-state index contributed by atoms with van der Waals surface area (Å²) in [4.78, 5) is 20.3. The Balaban J connectivity index is 1.31. The molecule has 1 saturated heterocycles. The molecule has 1 aliphatic rings. The zero-order valence-corrected chi connectivity index (χ0v) is 22.8. The standard InChI is InChI=1S/C30H39F3N4O/c1-21(19-29(2,3)4)16-28(38)35-24-8-9-27-26(18-24)22(20-34-27)10-11-36-12-14-37(15-13-36)25-7-5-6-23(17-25)30(31,32)33/h5-9,17-18,20-21,34H,10-16,19H2,1-4H3,(H,35,38). The summed E-state index contributed by atoms with van der Waals surface area (Å²) >= 11 is 0. The summed E-state index contributed by atoms with van der Waals surface area (Å²) in [7, 11) is 0. The summed E-state index contributed by atoms with van der Waals surface area (Å²) < 4.78 is 39.3. The van der Waals surface area contributed by atoms with Gasteiger partial charge in [-0.3, -0.25) is 9.69 Å². The Labute approximate surface area is 223 Å². The number of carbonyl (C=O) groups is 1. The highest BCUT2D eigenvalue weighted by Crippen LogP contribution is 2.32. The zero-order chi connectivity index (χ0) is 27.5. The lowest BCUT2D eigenvalue weighted by atomic mass is 9.84. The number of alkyl halides is 3. The smallest absolute Gasteiger partial charge is 0.369 e. The Bertz CT molecular complexity index is 1240. The second kappa shape index (κ2) is 11.4. The Kier molecular flexibility index (Phi) is 8.40. The minimum atomic E-state index is -4.33. The third-order valence-corrected chi connectivity index (χ3v) is 7.15. The van der Waals surface area contributed by atoms with Gasteiger partial charge < -0.3 is 15.2 Å². The maximum absolute atomic E-state index is 13.1. The van der Waals surface area contributed by atoms with Crippen LogP contribution in [-0.2, 0) is 17.4 Å². The van der Waals surface area contributed by atoms with Crippen LogP contribution in [0.1, 0.15) is 51.7 Å². The number of amides is 1. The van der Waals surface area contributed by atoms with E-state index < -0.39 is 11.7 Å². The van der Waals surface area contributed by atoms with Crippen LogP contribution in [-0.4, -0.2) is 48.5 Å². The lowest BCUT2D eigenvalue weighted by Gasteiger charge is -2.36. The fourth-order valence-electron chi connectivity index (χ4n) is 5.50. The quantitative estimate of drug-likeness (QED) is 0.333. The molecule has 1 unspecified atom stereocenters. The normalized spacial score (nSPS) is 16.1. The molecule has 1 amide bonds. The highest BCUT2D eigenvalue weighted by molar-refractivity contribution is 5.94. The van der Waals surface area contributed by atoms with Gasteiger partial charge in [-0.05, 0) is 66.1 Å². The number of nitrogens with zero attached hydrogens (tertiary/aromatic N) is 2. The van der Waals surface area contributed by atoms with Crippen LogP contribution in [0.2, 0.25) is 0 Å². The van der Waals surface area contributed by atoms with Gasteiger partial charge in [0.25, 0.3) is 0 Å². The van der Waals surface area contributed by atoms with Crippen LogP contribution in [0.3, 0.4) is 0 Å². The van der Waals surface area contributed by atoms with Gasteiger partial charge in [0.15, 0.2) is 0 Å². The van der Waals surface area contributed by atoms with Gasteiger partial charge in [0.05, 0.1) is 5.56 Å². The number of hydrogen-bond acceptors (Lipinski definition) is 3. The largest absolute Gasteiger partial charge is 0.416 e. The number of halogens is 3. The number of carbonyl (C=O) groups excluding carboxylic acids is 1. The minimum Gasteiger partial charge on any atom is -0.369 e. The summed E-state index contributed by atoms with van der Waals surface area (Å²) in [5.41, 5.74) is 3.25. The molecule has 2 aromatic carbocycles. The van der Waals surface area contributed by atoms with E-state index in [1.807, 2.05) is 29.3 Å². The molecule has 4 rings (SSSR count). The van der Waals surface area contributed by atoms with Gasteiger partial charge in [0, 0.05) is 67.6 Å². The molecule has 1 fully saturated rings. The van der Waals surface area contributed by atoms with E-state index in [-0.39, 0.29) is 11.3 Å². The summed E-state index contributed by atoms with van der Waals surface area (Å²) in [6.45, 7) is 12.6. The fraction of sp³-hybridized carbons (Fsp3) is 0.500. The monoisotopic (exact) mass is 528 g/mol. The highest BCUT2D eigenvalue weighted by Gasteiger charge is 2.31. The van der Waals surface area contributed by atoms with Gasteiger partial charge in [-0.1, -0.05) is 33.8 Å². The first-order valence-electron chi connectivity index (χ1n) is 13.4. The Morgan fingerprint density at radius 2 is 1.79 bits per heavy atom. The second-order valence-electron chi connectivity index (χ2n) is 11.8. The lowest BCUT2D eigenvalue weighted by Crippen LogP contribution is -2.47. The summed E-state index contributed by atoms with van der Waals surface area (Å²) in [6.07, 6.45) is 0.0477. The molecule has 3 aromatic rings. The molecule has 8 heteroatoms. The van der Waals surface area contributed by atoms with Crippen molar-refractivity contribution >= 4 is 28.2 Å². The van der Waals surface area contributed by atoms with E-state index in [0.717, 1.165) is 55.1 Å². The molecule has 0 saturated carbocycles. The Morgan fingerprint density at radius 3 is 2.47 bits per heavy atom. The number of anilines is 2. The van der Waals surface area contributed by atoms with Crippen LogP contribution in [0, 0.1) is 11.3 Å². The number of hydrogen-bond donors (Lipinski definition) is 2. The van der Waals surface area contributed by atoms with E-state index in [1.54, 1.807) is 6.07 Å². The third kappa shape index (κ3) is 7.53. The fourth-order valence-corrected chi connectivity index (χ4v) is 5.50. The number of H-pyrrole nitrogens is 1. The van der Waals surface area contributed by atoms with Crippen LogP contribution in [0.5, 0.6) is 0 Å². The molecular formula is C30H39F3N4O. The lowest BCUT2D eigenvalue weighted by molar-refractivity contribution is -0.137. The van der Waals surface area contributed by atoms with Crippen molar-refractivity contribution in [3.05, 3.63) is 59.8 Å². The average Bonchev–Trinajstić information content (AvgIpc) is 3.23. The van der Waals surface area contributed by atoms with E-state index >= 15 is 0 Å². The molecular weight excluding hydrogens is 489 g/mol. The first kappa shape index (κ1) is 28.0. The van der Waals surface area contributed by atoms with Gasteiger partial charge in [0.2, 0.25) is 5.91 Å². The first-order valence-corrected chi connectivity index (χ1v) is 13.4. The SMILES string of the molecule is CC(CC(=O)Nc1ccc2[nH]cc(CCN3CCN(c4cccc(C(F)(F)F)c4)CC3)c2c1)CC(C)(C)C. The van der Waals surface area contributed by atoms with Gasteiger partial charge in [-0.2, -0.15) is 13.2 Å². The van der Waals surface area contributed by atoms with Crippen molar-refractivity contribution in [2.45, 2.75) is 53.1 Å². The number of aromatic nitrogens is 1. The van der Waals surface area contributed by atoms with Crippen molar-refractivity contribution in [3.8, 4) is 0 Å². The van der Waals surface area contributed by atoms with E-state index in [4.69, 9.17) is 0 Å². The van der Waals surface area contributed by atoms with Crippen molar-refractivity contribution < 1.29 is 18.0 Å². The van der Waals surface area contributed by atoms with Gasteiger partial charge in [-0.15, -0.1) is 0 Å². The molecule has 5 nitrogen and oxygen atoms in total. The molecule has 0 bridgehead atoms. The van der Waals surface area contributed by atoms with E-state index in [9.17, 15) is 18.0 Å². The second-order valence-corrected chi connectivity index (χ2v) is 11.8. The van der Waals surface area contributed by atoms with Gasteiger partial charge in [-0.25, -0.2) is 0 Å². The van der Waals surface area contributed by atoms with Crippen LogP contribution in [0.15, 0.2) is 48.7 Å². The maximum atomic E-state index is 13.1. The van der Waals surface area contributed by atoms with Gasteiger partial charge in [0.1, 0.15) is 0 Å². The van der Waals surface area contributed by atoms with Crippen LogP contribution in [0.25, 0.3) is 10.9 Å². The molecule has 0 spiro atoms. The first-order chi connectivity index (χ1) is 17.9. The number of aromatic amines is 1. The predicted molar refractivity (Wildman–Crippen MR) is 149 cm³/mol. The molecule has 1 aromatic heterocycles. The number of fused-ring (bicyclic) bond motifs is 1. The van der Waals surface area contributed by atoms with Crippen LogP contribution < -0.4 is 10.2 Å². The van der Waals surface area contributed by atoms with Crippen molar-refractivity contribution in [2.24, 2.45) is 11.3 Å². The molecule has 2 N–H and O–H groups in total. The summed E-state index contributed by atoms with van der Waals surface area (Å²) in [6, 6.07) is 11.6. The molecule has 0 radical (unpaired) electrons. The van der Waals surface area contributed by atoms with Crippen molar-refractivity contribution in [1.29, 1.82) is 0 Å². The van der Waals surface area contributed by atoms with Gasteiger partial charge >= 0.3 is 6.18 Å². The number of piperazine rings is 1. The maximum Gasteiger partial charge on any atom is 0.416 e. The molecule has 0 aliphatic carbocycles. The third-order valence-electron chi connectivity index (χ3n) is 7.15. The molecule has 1 atom stereocenters. The number of nitrogens with one attached hydrogen (secondary N) is 2. The average molecular weight is 529 g/mol. The van der Waals surface area contributed by atoms with Crippen molar-refractivity contribution in [2.75, 3.05) is 42.9 Å². The molecule has 206 valence electrons. The predicted octanol–water partition coefficient (Wildman–Crippen LogP) is 6.95. The topological polar surface area (TPSA) is 51.4 Å². The number of rotatable bonds is 8. The zero-order valence-electron chi connectivity index (χ0n) is 22.8. The van der Waals surface area contributed by atoms with Crippen molar-refractivity contribution in [1.82, 2.24) is 9.88 Å². The molecule has 2 heterocycles. The van der Waals surface area contributed by atoms with Crippen molar-refractivity contribution in [3.63, 3.8) is 0 Å². The molecule has 38 heavy (non-hydrogen) atoms. The van der Waals surface area contributed by atoms with E-state index in [0.29, 0.717) is 31.1 Å². The van der Waals surface area contributed by atoms with E-state index in [1.165, 1.54) is 17.7 Å². The van der Waals surface area contributed by atoms with Crippen LogP contribution >= 0.6 is 0 Å². The number of benzene rings is 2. The van der Waals surface area contributed by atoms with Crippen LogP contribution in [0.4, 0.5) is 24.5 Å². The highest BCUT2D eigenvalue weighted by atomic mass is 19.4. The summed E-state index contributed by atoms with van der Waals surface area (Å²) in [5.74, 6) is 0.354. The summed E-state index contributed by atoms with van der Waals surface area (Å²) in [5, 5.41) is 4.17. The Hall–Kier alpha value is -3.00. The van der Waals surface area contributed by atoms with E-state index in [2.05, 4.69) is 42.9 Å².